The molecule has 1 amide bonds. The number of carbonyl (C=O) groups is 1. The summed E-state index contributed by atoms with van der Waals surface area (Å²) in [6.07, 6.45) is 2.12. The lowest BCUT2D eigenvalue weighted by Crippen LogP contribution is -2.45. The Morgan fingerprint density at radius 2 is 1.88 bits per heavy atom. The zero-order valence-electron chi connectivity index (χ0n) is 18.7. The van der Waals surface area contributed by atoms with Crippen molar-refractivity contribution in [2.75, 3.05) is 18.0 Å². The van der Waals surface area contributed by atoms with Crippen LogP contribution in [0.1, 0.15) is 41.3 Å². The summed E-state index contributed by atoms with van der Waals surface area (Å²) in [5, 5.41) is 7.59. The van der Waals surface area contributed by atoms with Crippen LogP contribution in [-0.2, 0) is 11.3 Å². The second-order valence-electron chi connectivity index (χ2n) is 8.21. The highest BCUT2D eigenvalue weighted by Crippen LogP contribution is 2.20. The summed E-state index contributed by atoms with van der Waals surface area (Å²) in [6.45, 7) is 9.92. The van der Waals surface area contributed by atoms with Crippen LogP contribution < -0.4 is 10.2 Å². The van der Waals surface area contributed by atoms with Gasteiger partial charge in [-0.15, -0.1) is 0 Å². The first-order valence-electron chi connectivity index (χ1n) is 10.6. The average Bonchev–Trinajstić information content (AvgIpc) is 3.10. The SMILES string of the molecule is Cc1cc(C)n(-c2ccc(Cl)c(C(=O)NCc3ccc(N4CC(C)OC(C)C4)nc3)n2)n1. The molecule has 0 bridgehead atoms. The standard InChI is InChI=1S/C23H27ClN6O2/c1-14-9-15(2)30(28-14)21-8-6-19(24)22(27-21)23(31)26-11-18-5-7-20(25-10-18)29-12-16(3)32-17(4)13-29/h5-10,16-17H,11-13H2,1-4H3,(H,26,31). The third-order valence-electron chi connectivity index (χ3n) is 5.28. The number of ether oxygens (including phenoxy) is 1. The van der Waals surface area contributed by atoms with Crippen LogP contribution in [0, 0.1) is 13.8 Å². The van der Waals surface area contributed by atoms with Gasteiger partial charge in [0.2, 0.25) is 0 Å². The molecule has 1 saturated heterocycles. The third-order valence-corrected chi connectivity index (χ3v) is 5.58. The third kappa shape index (κ3) is 4.92. The van der Waals surface area contributed by atoms with E-state index in [1.54, 1.807) is 23.0 Å². The molecular formula is C23H27ClN6O2. The lowest BCUT2D eigenvalue weighted by molar-refractivity contribution is -0.00546. The van der Waals surface area contributed by atoms with Crippen molar-refractivity contribution in [3.05, 3.63) is 64.2 Å². The maximum atomic E-state index is 12.8. The van der Waals surface area contributed by atoms with Crippen molar-refractivity contribution in [2.24, 2.45) is 0 Å². The summed E-state index contributed by atoms with van der Waals surface area (Å²) in [5.41, 5.74) is 2.86. The monoisotopic (exact) mass is 454 g/mol. The number of pyridine rings is 2. The number of aryl methyl sites for hydroxylation is 2. The first-order chi connectivity index (χ1) is 15.3. The van der Waals surface area contributed by atoms with Crippen LogP contribution >= 0.6 is 11.6 Å². The van der Waals surface area contributed by atoms with Crippen molar-refractivity contribution in [1.29, 1.82) is 0 Å². The van der Waals surface area contributed by atoms with E-state index in [9.17, 15) is 4.79 Å². The maximum absolute atomic E-state index is 12.8. The van der Waals surface area contributed by atoms with E-state index in [4.69, 9.17) is 16.3 Å². The molecule has 0 aliphatic carbocycles. The number of hydrogen-bond acceptors (Lipinski definition) is 6. The number of carbonyl (C=O) groups excluding carboxylic acids is 1. The van der Waals surface area contributed by atoms with Crippen molar-refractivity contribution in [3.8, 4) is 5.82 Å². The van der Waals surface area contributed by atoms with Gasteiger partial charge in [-0.1, -0.05) is 17.7 Å². The number of nitrogens with zero attached hydrogens (tertiary/aromatic N) is 5. The fraction of sp³-hybridized carbons (Fsp3) is 0.391. The number of hydrogen-bond donors (Lipinski definition) is 1. The van der Waals surface area contributed by atoms with Crippen molar-refractivity contribution >= 4 is 23.3 Å². The predicted octanol–water partition coefficient (Wildman–Crippen LogP) is 3.48. The Bertz CT molecular complexity index is 1100. The molecule has 168 valence electrons. The van der Waals surface area contributed by atoms with E-state index in [1.165, 1.54) is 0 Å². The van der Waals surface area contributed by atoms with Gasteiger partial charge in [-0.3, -0.25) is 4.79 Å². The minimum Gasteiger partial charge on any atom is -0.372 e. The van der Waals surface area contributed by atoms with Gasteiger partial charge in [-0.05, 0) is 57.5 Å². The van der Waals surface area contributed by atoms with Gasteiger partial charge >= 0.3 is 0 Å². The van der Waals surface area contributed by atoms with E-state index < -0.39 is 0 Å². The molecule has 4 rings (SSSR count). The Kier molecular flexibility index (Phi) is 6.43. The average molecular weight is 455 g/mol. The lowest BCUT2D eigenvalue weighted by Gasteiger charge is -2.36. The van der Waals surface area contributed by atoms with E-state index in [2.05, 4.69) is 39.1 Å². The molecule has 2 unspecified atom stereocenters. The van der Waals surface area contributed by atoms with Gasteiger partial charge in [-0.2, -0.15) is 5.10 Å². The van der Waals surface area contributed by atoms with Gasteiger partial charge < -0.3 is 15.0 Å². The largest absolute Gasteiger partial charge is 0.372 e. The van der Waals surface area contributed by atoms with Gasteiger partial charge in [-0.25, -0.2) is 14.6 Å². The highest BCUT2D eigenvalue weighted by Gasteiger charge is 2.23. The minimum atomic E-state index is -0.349. The number of nitrogens with one attached hydrogen (secondary N) is 1. The molecule has 0 saturated carbocycles. The molecule has 1 fully saturated rings. The maximum Gasteiger partial charge on any atom is 0.271 e. The molecule has 2 atom stereocenters. The minimum absolute atomic E-state index is 0.164. The zero-order valence-corrected chi connectivity index (χ0v) is 19.4. The van der Waals surface area contributed by atoms with E-state index in [0.29, 0.717) is 12.4 Å². The molecule has 0 radical (unpaired) electrons. The van der Waals surface area contributed by atoms with Crippen molar-refractivity contribution in [2.45, 2.75) is 46.4 Å². The zero-order chi connectivity index (χ0) is 22.8. The topological polar surface area (TPSA) is 85.2 Å². The first-order valence-corrected chi connectivity index (χ1v) is 11.0. The van der Waals surface area contributed by atoms with Crippen LogP contribution in [0.4, 0.5) is 5.82 Å². The summed E-state index contributed by atoms with van der Waals surface area (Å²) < 4.78 is 7.48. The van der Waals surface area contributed by atoms with E-state index >= 15 is 0 Å². The molecule has 32 heavy (non-hydrogen) atoms. The second-order valence-corrected chi connectivity index (χ2v) is 8.62. The van der Waals surface area contributed by atoms with Crippen LogP contribution in [0.5, 0.6) is 0 Å². The quantitative estimate of drug-likeness (QED) is 0.635. The number of rotatable bonds is 5. The molecule has 0 aromatic carbocycles. The Labute approximate surface area is 192 Å². The highest BCUT2D eigenvalue weighted by molar-refractivity contribution is 6.33. The van der Waals surface area contributed by atoms with Gasteiger partial charge in [0.25, 0.3) is 5.91 Å². The predicted molar refractivity (Wildman–Crippen MR) is 123 cm³/mol. The van der Waals surface area contributed by atoms with Crippen LogP contribution in [0.25, 0.3) is 5.82 Å². The summed E-state index contributed by atoms with van der Waals surface area (Å²) in [5.74, 6) is 1.10. The second kappa shape index (κ2) is 9.26. The fourth-order valence-corrected chi connectivity index (χ4v) is 4.10. The van der Waals surface area contributed by atoms with Crippen LogP contribution in [0.3, 0.4) is 0 Å². The van der Waals surface area contributed by atoms with Crippen molar-refractivity contribution in [3.63, 3.8) is 0 Å². The number of amides is 1. The van der Waals surface area contributed by atoms with Crippen molar-refractivity contribution in [1.82, 2.24) is 25.1 Å². The van der Waals surface area contributed by atoms with Crippen molar-refractivity contribution < 1.29 is 9.53 Å². The van der Waals surface area contributed by atoms with Gasteiger partial charge in [0.15, 0.2) is 5.82 Å². The smallest absolute Gasteiger partial charge is 0.271 e. The summed E-state index contributed by atoms with van der Waals surface area (Å²) >= 11 is 6.25. The molecule has 9 heteroatoms. The molecule has 3 aromatic rings. The molecule has 1 aliphatic rings. The molecule has 3 aromatic heterocycles. The molecule has 8 nitrogen and oxygen atoms in total. The Hall–Kier alpha value is -2.97. The van der Waals surface area contributed by atoms with Crippen LogP contribution in [-0.4, -0.2) is 51.0 Å². The molecule has 1 N–H and O–H groups in total. The van der Waals surface area contributed by atoms with Crippen LogP contribution in [0.15, 0.2) is 36.5 Å². The molecule has 4 heterocycles. The van der Waals surface area contributed by atoms with Gasteiger partial charge in [0.05, 0.1) is 22.9 Å². The normalized spacial score (nSPS) is 18.6. The molecular weight excluding hydrogens is 428 g/mol. The van der Waals surface area contributed by atoms with Gasteiger partial charge in [0.1, 0.15) is 11.5 Å². The Morgan fingerprint density at radius 1 is 1.16 bits per heavy atom. The summed E-state index contributed by atoms with van der Waals surface area (Å²) in [4.78, 5) is 24.0. The number of morpholine rings is 1. The van der Waals surface area contributed by atoms with E-state index in [1.807, 2.05) is 32.0 Å². The highest BCUT2D eigenvalue weighted by atomic mass is 35.5. The number of halogens is 1. The number of anilines is 1. The number of aromatic nitrogens is 4. The molecule has 1 aliphatic heterocycles. The van der Waals surface area contributed by atoms with E-state index in [0.717, 1.165) is 35.9 Å². The first kappa shape index (κ1) is 22.2. The van der Waals surface area contributed by atoms with Crippen LogP contribution in [0.2, 0.25) is 5.02 Å². The fourth-order valence-electron chi connectivity index (χ4n) is 3.91. The Balaban J connectivity index is 1.42. The Morgan fingerprint density at radius 3 is 2.50 bits per heavy atom. The summed E-state index contributed by atoms with van der Waals surface area (Å²) in [7, 11) is 0. The molecule has 0 spiro atoms. The van der Waals surface area contributed by atoms with Gasteiger partial charge in [0, 0.05) is 31.5 Å². The lowest BCUT2D eigenvalue weighted by atomic mass is 10.2. The summed E-state index contributed by atoms with van der Waals surface area (Å²) in [6, 6.07) is 9.30. The van der Waals surface area contributed by atoms with E-state index in [-0.39, 0.29) is 28.8 Å².